The number of rotatable bonds is 4. The van der Waals surface area contributed by atoms with Crippen LogP contribution in [0.4, 0.5) is 5.69 Å². The molecule has 3 rings (SSSR count). The van der Waals surface area contributed by atoms with E-state index in [-0.39, 0.29) is 39.4 Å². The Morgan fingerprint density at radius 1 is 1.22 bits per heavy atom. The van der Waals surface area contributed by atoms with Crippen LogP contribution in [-0.2, 0) is 24.3 Å². The van der Waals surface area contributed by atoms with Crippen molar-refractivity contribution in [2.75, 3.05) is 24.2 Å². The van der Waals surface area contributed by atoms with Gasteiger partial charge in [-0.15, -0.1) is 4.40 Å². The van der Waals surface area contributed by atoms with E-state index in [1.54, 1.807) is 18.2 Å². The van der Waals surface area contributed by atoms with E-state index in [4.69, 9.17) is 27.9 Å². The van der Waals surface area contributed by atoms with E-state index in [1.807, 2.05) is 0 Å². The molecule has 142 valence electrons. The van der Waals surface area contributed by atoms with Crippen LogP contribution in [0.1, 0.15) is 0 Å². The smallest absolute Gasteiger partial charge is 0.340 e. The molecule has 2 heterocycles. The zero-order valence-electron chi connectivity index (χ0n) is 13.7. The number of esters is 1. The van der Waals surface area contributed by atoms with Crippen LogP contribution in [0.2, 0.25) is 10.0 Å². The van der Waals surface area contributed by atoms with Crippen molar-refractivity contribution in [1.29, 1.82) is 0 Å². The van der Waals surface area contributed by atoms with E-state index < -0.39 is 28.5 Å². The van der Waals surface area contributed by atoms with Crippen molar-refractivity contribution in [3.63, 3.8) is 0 Å². The normalized spacial score (nSPS) is 17.5. The fraction of sp³-hybridized carbons (Fsp3) is 0.188. The van der Waals surface area contributed by atoms with E-state index >= 15 is 0 Å². The number of fused-ring (bicyclic) bond motifs is 1. The van der Waals surface area contributed by atoms with Gasteiger partial charge in [0.2, 0.25) is 0 Å². The lowest BCUT2D eigenvalue weighted by Gasteiger charge is -2.26. The summed E-state index contributed by atoms with van der Waals surface area (Å²) in [6, 6.07) is 4.75. The largest absolute Gasteiger partial charge is 0.452 e. The van der Waals surface area contributed by atoms with Gasteiger partial charge in [-0.1, -0.05) is 29.3 Å². The first kappa shape index (κ1) is 19.4. The summed E-state index contributed by atoms with van der Waals surface area (Å²) in [5.74, 6) is -1.27. The SMILES string of the molecule is O=C(COC(=O)C1=CN2CCS(=O)(=O)N=C2C=C1)Nc1c(Cl)cccc1Cl. The number of nitrogens with zero attached hydrogens (tertiary/aromatic N) is 2. The monoisotopic (exact) mass is 429 g/mol. The summed E-state index contributed by atoms with van der Waals surface area (Å²) >= 11 is 11.9. The molecule has 2 aliphatic heterocycles. The van der Waals surface area contributed by atoms with Crippen LogP contribution in [0.5, 0.6) is 0 Å². The van der Waals surface area contributed by atoms with Gasteiger partial charge in [0.05, 0.1) is 27.1 Å². The number of sulfonamides is 1. The van der Waals surface area contributed by atoms with Gasteiger partial charge >= 0.3 is 5.97 Å². The predicted octanol–water partition coefficient (Wildman–Crippen LogP) is 1.97. The summed E-state index contributed by atoms with van der Waals surface area (Å²) in [7, 11) is -3.47. The molecule has 0 bridgehead atoms. The highest BCUT2D eigenvalue weighted by atomic mass is 35.5. The molecule has 0 saturated carbocycles. The van der Waals surface area contributed by atoms with E-state index in [9.17, 15) is 18.0 Å². The lowest BCUT2D eigenvalue weighted by molar-refractivity contribution is -0.143. The minimum atomic E-state index is -3.47. The van der Waals surface area contributed by atoms with Crippen molar-refractivity contribution < 1.29 is 22.7 Å². The first-order valence-corrected chi connectivity index (χ1v) is 10.0. The minimum Gasteiger partial charge on any atom is -0.452 e. The molecule has 8 nitrogen and oxygen atoms in total. The first-order chi connectivity index (χ1) is 12.7. The van der Waals surface area contributed by atoms with E-state index in [2.05, 4.69) is 9.71 Å². The molecule has 0 saturated heterocycles. The first-order valence-electron chi connectivity index (χ1n) is 7.65. The Morgan fingerprint density at radius 3 is 2.63 bits per heavy atom. The Hall–Kier alpha value is -2.36. The maximum Gasteiger partial charge on any atom is 0.340 e. The molecule has 0 aromatic heterocycles. The molecule has 1 amide bonds. The number of benzene rings is 1. The van der Waals surface area contributed by atoms with Gasteiger partial charge in [0.15, 0.2) is 6.61 Å². The number of halogens is 2. The molecule has 0 fully saturated rings. The molecule has 0 atom stereocenters. The van der Waals surface area contributed by atoms with Crippen molar-refractivity contribution in [2.24, 2.45) is 4.40 Å². The van der Waals surface area contributed by atoms with Gasteiger partial charge in [0.25, 0.3) is 15.9 Å². The van der Waals surface area contributed by atoms with Gasteiger partial charge in [-0.25, -0.2) is 13.2 Å². The Kier molecular flexibility index (Phi) is 5.54. The van der Waals surface area contributed by atoms with Gasteiger partial charge in [-0.2, -0.15) is 0 Å². The molecule has 0 spiro atoms. The van der Waals surface area contributed by atoms with Gasteiger partial charge in [-0.05, 0) is 24.3 Å². The van der Waals surface area contributed by atoms with Crippen molar-refractivity contribution >= 4 is 56.6 Å². The van der Waals surface area contributed by atoms with Gasteiger partial charge < -0.3 is 15.0 Å². The van der Waals surface area contributed by atoms with Gasteiger partial charge in [0, 0.05) is 12.7 Å². The second-order valence-electron chi connectivity index (χ2n) is 5.57. The summed E-state index contributed by atoms with van der Waals surface area (Å²) in [6.45, 7) is -0.366. The minimum absolute atomic E-state index is 0.149. The number of amidine groups is 1. The molecule has 1 N–H and O–H groups in total. The van der Waals surface area contributed by atoms with Crippen LogP contribution < -0.4 is 5.32 Å². The number of carbonyl (C=O) groups is 2. The highest BCUT2D eigenvalue weighted by Gasteiger charge is 2.25. The van der Waals surface area contributed by atoms with Crippen molar-refractivity contribution in [2.45, 2.75) is 0 Å². The number of para-hydroxylation sites is 1. The van der Waals surface area contributed by atoms with Crippen LogP contribution in [0.15, 0.2) is 46.5 Å². The summed E-state index contributed by atoms with van der Waals surface area (Å²) in [5, 5.41) is 2.99. The van der Waals surface area contributed by atoms with Crippen molar-refractivity contribution in [3.8, 4) is 0 Å². The van der Waals surface area contributed by atoms with Crippen LogP contribution in [-0.4, -0.2) is 49.9 Å². The van der Waals surface area contributed by atoms with E-state index in [0.29, 0.717) is 0 Å². The molecule has 2 aliphatic rings. The van der Waals surface area contributed by atoms with E-state index in [1.165, 1.54) is 23.3 Å². The molecular formula is C16H13Cl2N3O5S. The fourth-order valence-electron chi connectivity index (χ4n) is 2.33. The third kappa shape index (κ3) is 4.68. The number of amides is 1. The molecule has 1 aromatic carbocycles. The van der Waals surface area contributed by atoms with Gasteiger partial charge in [0.1, 0.15) is 5.84 Å². The molecule has 1 aromatic rings. The quantitative estimate of drug-likeness (QED) is 0.733. The number of carbonyl (C=O) groups excluding carboxylic acids is 2. The Balaban J connectivity index is 1.60. The molecule has 0 radical (unpaired) electrons. The lowest BCUT2D eigenvalue weighted by Crippen LogP contribution is -2.37. The zero-order valence-corrected chi connectivity index (χ0v) is 16.0. The third-order valence-corrected chi connectivity index (χ3v) is 5.41. The second kappa shape index (κ2) is 7.71. The number of hydrogen-bond donors (Lipinski definition) is 1. The summed E-state index contributed by atoms with van der Waals surface area (Å²) in [5.41, 5.74) is 0.394. The Morgan fingerprint density at radius 2 is 1.93 bits per heavy atom. The second-order valence-corrected chi connectivity index (χ2v) is 8.14. The topological polar surface area (TPSA) is 105 Å². The number of anilines is 1. The molecule has 27 heavy (non-hydrogen) atoms. The highest BCUT2D eigenvalue weighted by Crippen LogP contribution is 2.29. The maximum absolute atomic E-state index is 12.1. The number of nitrogens with one attached hydrogen (secondary N) is 1. The van der Waals surface area contributed by atoms with Crippen LogP contribution in [0, 0.1) is 0 Å². The molecule has 0 aliphatic carbocycles. The predicted molar refractivity (Wildman–Crippen MR) is 101 cm³/mol. The van der Waals surface area contributed by atoms with Crippen LogP contribution in [0.3, 0.4) is 0 Å². The van der Waals surface area contributed by atoms with Gasteiger partial charge in [-0.3, -0.25) is 4.79 Å². The van der Waals surface area contributed by atoms with Crippen molar-refractivity contribution in [1.82, 2.24) is 4.90 Å². The number of hydrogen-bond acceptors (Lipinski definition) is 6. The summed E-state index contributed by atoms with van der Waals surface area (Å²) in [6.07, 6.45) is 4.21. The standard InChI is InChI=1S/C16H13Cl2N3O5S/c17-11-2-1-3-12(18)15(11)19-14(22)9-26-16(23)10-4-5-13-20-27(24,25)7-6-21(13)8-10/h1-5,8H,6-7,9H2,(H,19,22). The number of ether oxygens (including phenoxy) is 1. The zero-order chi connectivity index (χ0) is 19.6. The fourth-order valence-corrected chi connectivity index (χ4v) is 3.79. The Bertz CT molecular complexity index is 981. The van der Waals surface area contributed by atoms with Crippen LogP contribution >= 0.6 is 23.2 Å². The summed E-state index contributed by atoms with van der Waals surface area (Å²) < 4.78 is 31.5. The van der Waals surface area contributed by atoms with Crippen LogP contribution in [0.25, 0.3) is 0 Å². The highest BCUT2D eigenvalue weighted by molar-refractivity contribution is 7.90. The molecule has 0 unspecified atom stereocenters. The molecule has 11 heteroatoms. The molecular weight excluding hydrogens is 417 g/mol. The Labute approximate surface area is 165 Å². The maximum atomic E-state index is 12.1. The average Bonchev–Trinajstić information content (AvgIpc) is 2.61. The average molecular weight is 430 g/mol. The summed E-state index contributed by atoms with van der Waals surface area (Å²) in [4.78, 5) is 25.6. The third-order valence-electron chi connectivity index (χ3n) is 3.62. The van der Waals surface area contributed by atoms with Crippen molar-refractivity contribution in [3.05, 3.63) is 52.2 Å². The van der Waals surface area contributed by atoms with E-state index in [0.717, 1.165) is 0 Å². The lowest BCUT2D eigenvalue weighted by atomic mass is 10.2.